The van der Waals surface area contributed by atoms with E-state index in [1.807, 2.05) is 36.1 Å². The topological polar surface area (TPSA) is 114 Å². The summed E-state index contributed by atoms with van der Waals surface area (Å²) >= 11 is 0. The van der Waals surface area contributed by atoms with Crippen LogP contribution in [0.4, 0.5) is 0 Å². The van der Waals surface area contributed by atoms with E-state index in [4.69, 9.17) is 24.3 Å². The van der Waals surface area contributed by atoms with E-state index < -0.39 is 5.97 Å². The van der Waals surface area contributed by atoms with Crippen LogP contribution in [0, 0.1) is 0 Å². The van der Waals surface area contributed by atoms with Crippen molar-refractivity contribution in [3.8, 4) is 22.9 Å². The zero-order valence-corrected chi connectivity index (χ0v) is 20.5. The van der Waals surface area contributed by atoms with Gasteiger partial charge in [0.25, 0.3) is 0 Å². The van der Waals surface area contributed by atoms with Crippen LogP contribution in [-0.2, 0) is 11.8 Å². The van der Waals surface area contributed by atoms with Crippen molar-refractivity contribution in [3.05, 3.63) is 53.5 Å². The molecule has 1 aromatic carbocycles. The number of benzene rings is 1. The van der Waals surface area contributed by atoms with Gasteiger partial charge in [0.1, 0.15) is 5.75 Å². The molecule has 1 saturated heterocycles. The van der Waals surface area contributed by atoms with Crippen molar-refractivity contribution < 1.29 is 24.1 Å². The molecule has 10 nitrogen and oxygen atoms in total. The van der Waals surface area contributed by atoms with Crippen molar-refractivity contribution in [2.45, 2.75) is 31.9 Å². The van der Waals surface area contributed by atoms with Crippen molar-refractivity contribution in [1.29, 1.82) is 0 Å². The number of hydrogen-bond donors (Lipinski definition) is 1. The quantitative estimate of drug-likeness (QED) is 0.425. The van der Waals surface area contributed by atoms with Crippen molar-refractivity contribution in [3.63, 3.8) is 0 Å². The second-order valence-corrected chi connectivity index (χ2v) is 9.17. The minimum absolute atomic E-state index is 0.164. The number of nitrogens with zero attached hydrogens (tertiary/aromatic N) is 5. The zero-order chi connectivity index (χ0) is 25.4. The summed E-state index contributed by atoms with van der Waals surface area (Å²) in [4.78, 5) is 16.4. The van der Waals surface area contributed by atoms with Gasteiger partial charge in [0.2, 0.25) is 5.88 Å². The van der Waals surface area contributed by atoms with E-state index in [9.17, 15) is 9.90 Å². The number of aromatic nitrogens is 5. The van der Waals surface area contributed by atoms with Gasteiger partial charge in [-0.15, -0.1) is 0 Å². The van der Waals surface area contributed by atoms with Gasteiger partial charge in [0.05, 0.1) is 53.6 Å². The number of ether oxygens (including phenoxy) is 3. The van der Waals surface area contributed by atoms with Crippen LogP contribution in [0.5, 0.6) is 11.6 Å². The Morgan fingerprint density at radius 1 is 1.05 bits per heavy atom. The third kappa shape index (κ3) is 4.44. The summed E-state index contributed by atoms with van der Waals surface area (Å²) in [6.45, 7) is 1.53. The first kappa shape index (κ1) is 23.2. The summed E-state index contributed by atoms with van der Waals surface area (Å²) in [5.74, 6) is 0.235. The summed E-state index contributed by atoms with van der Waals surface area (Å²) in [6.07, 6.45) is 10.8. The van der Waals surface area contributed by atoms with Crippen molar-refractivity contribution in [2.75, 3.05) is 19.8 Å². The molecule has 37 heavy (non-hydrogen) atoms. The molecule has 1 fully saturated rings. The predicted molar refractivity (Wildman–Crippen MR) is 137 cm³/mol. The number of pyridine rings is 1. The highest BCUT2D eigenvalue weighted by molar-refractivity contribution is 5.93. The van der Waals surface area contributed by atoms with E-state index in [1.165, 1.54) is 0 Å². The third-order valence-electron chi connectivity index (χ3n) is 6.67. The summed E-state index contributed by atoms with van der Waals surface area (Å²) in [6, 6.07) is 6.84. The largest absolute Gasteiger partial charge is 0.493 e. The van der Waals surface area contributed by atoms with E-state index in [2.05, 4.69) is 5.10 Å². The lowest BCUT2D eigenvalue weighted by molar-refractivity contribution is -0.0367. The van der Waals surface area contributed by atoms with Crippen molar-refractivity contribution in [2.24, 2.45) is 7.05 Å². The molecular formula is C27H27N5O5. The minimum atomic E-state index is -0.994. The molecule has 0 aliphatic carbocycles. The molecule has 0 saturated carbocycles. The number of rotatable bonds is 2. The Kier molecular flexibility index (Phi) is 6.09. The lowest BCUT2D eigenvalue weighted by Crippen LogP contribution is -2.19. The number of carbonyl (C=O) groups is 1. The van der Waals surface area contributed by atoms with Crippen LogP contribution < -0.4 is 9.47 Å². The monoisotopic (exact) mass is 501 g/mol. The van der Waals surface area contributed by atoms with Gasteiger partial charge in [-0.2, -0.15) is 10.2 Å². The molecule has 0 spiro atoms. The van der Waals surface area contributed by atoms with E-state index in [1.54, 1.807) is 29.1 Å². The smallest absolute Gasteiger partial charge is 0.335 e. The van der Waals surface area contributed by atoms with Crippen LogP contribution >= 0.6 is 0 Å². The van der Waals surface area contributed by atoms with Crippen LogP contribution in [0.2, 0.25) is 0 Å². The Morgan fingerprint density at radius 2 is 1.95 bits per heavy atom. The van der Waals surface area contributed by atoms with Crippen molar-refractivity contribution in [1.82, 2.24) is 24.5 Å². The molecule has 6 rings (SSSR count). The summed E-state index contributed by atoms with van der Waals surface area (Å²) in [5, 5.41) is 19.7. The molecule has 2 aliphatic heterocycles. The summed E-state index contributed by atoms with van der Waals surface area (Å²) in [5.41, 5.74) is 3.96. The third-order valence-corrected chi connectivity index (χ3v) is 6.67. The summed E-state index contributed by atoms with van der Waals surface area (Å²) < 4.78 is 21.7. The molecule has 1 N–H and O–H groups in total. The maximum absolute atomic E-state index is 11.6. The van der Waals surface area contributed by atoms with E-state index in [0.717, 1.165) is 47.1 Å². The van der Waals surface area contributed by atoms with Gasteiger partial charge in [-0.25, -0.2) is 14.2 Å². The first-order valence-electron chi connectivity index (χ1n) is 12.4. The highest BCUT2D eigenvalue weighted by Crippen LogP contribution is 2.34. The van der Waals surface area contributed by atoms with Crippen molar-refractivity contribution >= 4 is 29.0 Å². The molecule has 2 bridgehead atoms. The molecular weight excluding hydrogens is 474 g/mol. The molecule has 10 heteroatoms. The number of hydrogen-bond acceptors (Lipinski definition) is 7. The highest BCUT2D eigenvalue weighted by Gasteiger charge is 2.23. The number of fused-ring (bicyclic) bond motifs is 4. The molecule has 2 aliphatic rings. The van der Waals surface area contributed by atoms with Gasteiger partial charge in [0, 0.05) is 31.0 Å². The van der Waals surface area contributed by atoms with Crippen LogP contribution in [0.3, 0.4) is 0 Å². The molecule has 0 amide bonds. The predicted octanol–water partition coefficient (Wildman–Crippen LogP) is 4.56. The van der Waals surface area contributed by atoms with Gasteiger partial charge >= 0.3 is 5.97 Å². The Bertz CT molecular complexity index is 1500. The van der Waals surface area contributed by atoms with Crippen LogP contribution in [0.25, 0.3) is 34.3 Å². The average Bonchev–Trinajstić information content (AvgIpc) is 3.47. The number of carboxylic acids is 1. The SMILES string of the molecule is Cn1ncc2c1OCCCOc1ccc(C(=O)O)cc1/C=C/c1nn(C3CCCCO3)c3cnc-2cc13. The van der Waals surface area contributed by atoms with Gasteiger partial charge in [-0.1, -0.05) is 0 Å². The highest BCUT2D eigenvalue weighted by atomic mass is 16.5. The Balaban J connectivity index is 1.52. The molecule has 1 atom stereocenters. The molecule has 0 radical (unpaired) electrons. The minimum Gasteiger partial charge on any atom is -0.493 e. The maximum atomic E-state index is 11.6. The fraction of sp³-hybridized carbons (Fsp3) is 0.333. The Labute approximate surface area is 213 Å². The van der Waals surface area contributed by atoms with Gasteiger partial charge < -0.3 is 19.3 Å². The molecule has 190 valence electrons. The maximum Gasteiger partial charge on any atom is 0.335 e. The second-order valence-electron chi connectivity index (χ2n) is 9.17. The van der Waals surface area contributed by atoms with E-state index in [-0.39, 0.29) is 11.8 Å². The van der Waals surface area contributed by atoms with E-state index >= 15 is 0 Å². The molecule has 1 unspecified atom stereocenters. The summed E-state index contributed by atoms with van der Waals surface area (Å²) in [7, 11) is 1.84. The molecule has 3 aromatic heterocycles. The van der Waals surface area contributed by atoms with Gasteiger partial charge in [-0.05, 0) is 55.7 Å². The fourth-order valence-corrected chi connectivity index (χ4v) is 4.76. The van der Waals surface area contributed by atoms with Crippen LogP contribution in [-0.4, -0.2) is 55.4 Å². The Morgan fingerprint density at radius 3 is 2.78 bits per heavy atom. The zero-order valence-electron chi connectivity index (χ0n) is 20.5. The first-order chi connectivity index (χ1) is 18.1. The fourth-order valence-electron chi connectivity index (χ4n) is 4.76. The van der Waals surface area contributed by atoms with Crippen LogP contribution in [0.15, 0.2) is 36.7 Å². The number of aryl methyl sites for hydroxylation is 1. The first-order valence-corrected chi connectivity index (χ1v) is 12.4. The number of aromatic carboxylic acids is 1. The number of carboxylic acid groups (broad SMARTS) is 1. The van der Waals surface area contributed by atoms with Gasteiger partial charge in [0.15, 0.2) is 6.23 Å². The average molecular weight is 502 g/mol. The molecule has 4 aromatic rings. The standard InChI is InChI=1S/C27H27N5O5/c1-31-26-20(15-29-31)22-14-19-21(30-32(23(19)16-28-22)25-5-2-3-10-36-25)8-6-17-13-18(27(33)34)7-9-24(17)35-11-4-12-37-26/h6-9,13-16,25H,2-5,10-12H2,1H3,(H,33,34)/b8-6+. The lowest BCUT2D eigenvalue weighted by Gasteiger charge is -2.23. The van der Waals surface area contributed by atoms with E-state index in [0.29, 0.717) is 43.4 Å². The van der Waals surface area contributed by atoms with Crippen LogP contribution in [0.1, 0.15) is 53.5 Å². The van der Waals surface area contributed by atoms with Gasteiger partial charge in [-0.3, -0.25) is 4.98 Å². The second kappa shape index (κ2) is 9.70. The Hall–Kier alpha value is -4.18. The molecule has 5 heterocycles. The lowest BCUT2D eigenvalue weighted by atomic mass is 10.1. The normalized spacial score (nSPS) is 18.7.